The van der Waals surface area contributed by atoms with Gasteiger partial charge in [-0.25, -0.2) is 0 Å². The Bertz CT molecular complexity index is 1360. The molecule has 3 aromatic rings. The average Bonchev–Trinajstić information content (AvgIpc) is 3.13. The lowest BCUT2D eigenvalue weighted by molar-refractivity contribution is -0.393. The molecule has 1 aliphatic heterocycles. The van der Waals surface area contributed by atoms with Crippen LogP contribution in [0.3, 0.4) is 0 Å². The van der Waals surface area contributed by atoms with Gasteiger partial charge in [0.25, 0.3) is 17.5 Å². The molecule has 176 valence electrons. The first-order valence-electron chi connectivity index (χ1n) is 10.2. The van der Waals surface area contributed by atoms with Gasteiger partial charge in [-0.15, -0.1) is 0 Å². The van der Waals surface area contributed by atoms with Gasteiger partial charge in [0.05, 0.1) is 27.5 Å². The number of benzene rings is 3. The largest absolute Gasteiger partial charge is 0.503 e. The number of carbonyl (C=O) groups is 2. The summed E-state index contributed by atoms with van der Waals surface area (Å²) in [6.45, 7) is 0. The predicted molar refractivity (Wildman–Crippen MR) is 124 cm³/mol. The van der Waals surface area contributed by atoms with Gasteiger partial charge in [-0.2, -0.15) is 0 Å². The number of nitrogens with zero attached hydrogens (tertiary/aromatic N) is 3. The second-order valence-corrected chi connectivity index (χ2v) is 7.38. The van der Waals surface area contributed by atoms with Gasteiger partial charge >= 0.3 is 5.69 Å². The third-order valence-electron chi connectivity index (χ3n) is 5.30. The van der Waals surface area contributed by atoms with Crippen LogP contribution in [0, 0.1) is 20.2 Å². The number of aliphatic hydroxyl groups is 1. The van der Waals surface area contributed by atoms with Gasteiger partial charge in [0, 0.05) is 11.8 Å². The first kappa shape index (κ1) is 22.9. The Labute approximate surface area is 197 Å². The van der Waals surface area contributed by atoms with Crippen LogP contribution in [0.25, 0.3) is 0 Å². The van der Waals surface area contributed by atoms with Crippen LogP contribution in [0.2, 0.25) is 0 Å². The van der Waals surface area contributed by atoms with E-state index in [0.29, 0.717) is 11.3 Å². The van der Waals surface area contributed by atoms with E-state index in [4.69, 9.17) is 0 Å². The Morgan fingerprint density at radius 1 is 0.914 bits per heavy atom. The molecule has 3 N–H and O–H groups in total. The van der Waals surface area contributed by atoms with Crippen LogP contribution in [0.4, 0.5) is 22.7 Å². The number of nitro benzene ring substituents is 2. The molecule has 0 bridgehead atoms. The van der Waals surface area contributed by atoms with Crippen LogP contribution in [0.1, 0.15) is 11.6 Å². The Morgan fingerprint density at radius 3 is 2.14 bits per heavy atom. The number of non-ortho nitro benzene ring substituents is 1. The summed E-state index contributed by atoms with van der Waals surface area (Å²) < 4.78 is 0. The van der Waals surface area contributed by atoms with E-state index in [1.807, 2.05) is 0 Å². The second kappa shape index (κ2) is 9.31. The van der Waals surface area contributed by atoms with Crippen LogP contribution >= 0.6 is 0 Å². The summed E-state index contributed by atoms with van der Waals surface area (Å²) in [5.41, 5.74) is 3.94. The number of carbonyl (C=O) groups excluding carboxylic acids is 2. The Kier molecular flexibility index (Phi) is 6.10. The minimum Gasteiger partial charge on any atom is -0.503 e. The number of aliphatic hydroxyl groups excluding tert-OH is 1. The first-order chi connectivity index (χ1) is 16.8. The van der Waals surface area contributed by atoms with Crippen LogP contribution in [-0.2, 0) is 9.59 Å². The number of nitro groups is 2. The van der Waals surface area contributed by atoms with E-state index in [1.54, 1.807) is 60.7 Å². The molecule has 12 nitrogen and oxygen atoms in total. The topological polar surface area (TPSA) is 168 Å². The van der Waals surface area contributed by atoms with Crippen molar-refractivity contribution in [3.8, 4) is 0 Å². The highest BCUT2D eigenvalue weighted by Gasteiger charge is 2.44. The Morgan fingerprint density at radius 2 is 1.54 bits per heavy atom. The molecule has 0 radical (unpaired) electrons. The fraction of sp³-hybridized carbons (Fsp3) is 0.0435. The lowest BCUT2D eigenvalue weighted by atomic mass is 9.98. The normalized spacial score (nSPS) is 15.1. The standard InChI is InChI=1S/C23H17N5O7/c29-21-19(22(30)25-24-17-12-11-16(27(32)33)13-18(17)28(34)35)20(14-7-3-1-4-8-14)26(23(21)31)15-9-5-2-6-10-15/h1-13,20,24,29H,(H,25,30). The molecule has 12 heteroatoms. The van der Waals surface area contributed by atoms with E-state index >= 15 is 0 Å². The van der Waals surface area contributed by atoms with Crippen molar-refractivity contribution in [1.82, 2.24) is 5.43 Å². The maximum absolute atomic E-state index is 13.1. The molecule has 1 aliphatic rings. The van der Waals surface area contributed by atoms with Crippen molar-refractivity contribution in [1.29, 1.82) is 0 Å². The summed E-state index contributed by atoms with van der Waals surface area (Å²) in [4.78, 5) is 48.1. The summed E-state index contributed by atoms with van der Waals surface area (Å²) >= 11 is 0. The van der Waals surface area contributed by atoms with Crippen LogP contribution < -0.4 is 15.8 Å². The predicted octanol–water partition coefficient (Wildman–Crippen LogP) is 3.55. The van der Waals surface area contributed by atoms with Crippen molar-refractivity contribution in [3.05, 3.63) is 116 Å². The zero-order chi connectivity index (χ0) is 25.1. The van der Waals surface area contributed by atoms with E-state index in [-0.39, 0.29) is 11.3 Å². The maximum Gasteiger partial charge on any atom is 0.300 e. The molecule has 3 aromatic carbocycles. The molecule has 1 heterocycles. The molecule has 35 heavy (non-hydrogen) atoms. The molecule has 0 aliphatic carbocycles. The molecule has 1 atom stereocenters. The maximum atomic E-state index is 13.1. The number of rotatable bonds is 7. The van der Waals surface area contributed by atoms with Crippen molar-refractivity contribution in [3.63, 3.8) is 0 Å². The van der Waals surface area contributed by atoms with Gasteiger partial charge in [0.1, 0.15) is 5.69 Å². The highest BCUT2D eigenvalue weighted by atomic mass is 16.6. The Balaban J connectivity index is 1.67. The van der Waals surface area contributed by atoms with E-state index in [1.165, 1.54) is 4.90 Å². The van der Waals surface area contributed by atoms with Gasteiger partial charge in [-0.1, -0.05) is 48.5 Å². The highest BCUT2D eigenvalue weighted by molar-refractivity contribution is 6.16. The van der Waals surface area contributed by atoms with Gasteiger partial charge in [0.15, 0.2) is 5.76 Å². The average molecular weight is 475 g/mol. The number of hydrazine groups is 1. The molecule has 0 saturated heterocycles. The molecule has 0 spiro atoms. The van der Waals surface area contributed by atoms with Gasteiger partial charge in [-0.05, 0) is 23.8 Å². The molecule has 0 saturated carbocycles. The lowest BCUT2D eigenvalue weighted by Crippen LogP contribution is -2.35. The van der Waals surface area contributed by atoms with E-state index in [9.17, 15) is 34.9 Å². The summed E-state index contributed by atoms with van der Waals surface area (Å²) in [5.74, 6) is -2.49. The van der Waals surface area contributed by atoms with Gasteiger partial charge < -0.3 is 5.11 Å². The number of anilines is 2. The van der Waals surface area contributed by atoms with E-state index < -0.39 is 44.8 Å². The lowest BCUT2D eigenvalue weighted by Gasteiger charge is -2.27. The Hall–Kier alpha value is -5.26. The van der Waals surface area contributed by atoms with Gasteiger partial charge in [-0.3, -0.25) is 45.6 Å². The third kappa shape index (κ3) is 4.35. The summed E-state index contributed by atoms with van der Waals surface area (Å²) in [6, 6.07) is 18.9. The minimum absolute atomic E-state index is 0.227. The molecule has 0 fully saturated rings. The van der Waals surface area contributed by atoms with Crippen molar-refractivity contribution in [2.24, 2.45) is 0 Å². The fourth-order valence-electron chi connectivity index (χ4n) is 3.72. The second-order valence-electron chi connectivity index (χ2n) is 7.38. The van der Waals surface area contributed by atoms with Crippen molar-refractivity contribution >= 4 is 34.6 Å². The van der Waals surface area contributed by atoms with Gasteiger partial charge in [0.2, 0.25) is 0 Å². The molecular weight excluding hydrogens is 458 g/mol. The molecule has 0 aromatic heterocycles. The fourth-order valence-corrected chi connectivity index (χ4v) is 3.72. The summed E-state index contributed by atoms with van der Waals surface area (Å²) in [6.07, 6.45) is 0. The van der Waals surface area contributed by atoms with Crippen LogP contribution in [0.5, 0.6) is 0 Å². The quantitative estimate of drug-likeness (QED) is 0.344. The minimum atomic E-state index is -0.986. The monoisotopic (exact) mass is 475 g/mol. The zero-order valence-corrected chi connectivity index (χ0v) is 17.8. The SMILES string of the molecule is O=C(NNc1ccc([N+](=O)[O-])cc1[N+](=O)[O-])C1=C(O)C(=O)N(c2ccccc2)C1c1ccccc1. The van der Waals surface area contributed by atoms with Crippen molar-refractivity contribution in [2.45, 2.75) is 6.04 Å². The molecular formula is C23H17N5O7. The number of nitrogens with one attached hydrogen (secondary N) is 2. The number of amides is 2. The molecule has 1 unspecified atom stereocenters. The first-order valence-corrected chi connectivity index (χ1v) is 10.2. The summed E-state index contributed by atoms with van der Waals surface area (Å²) in [5, 5.41) is 32.9. The van der Waals surface area contributed by atoms with Crippen molar-refractivity contribution in [2.75, 3.05) is 10.3 Å². The smallest absolute Gasteiger partial charge is 0.300 e. The zero-order valence-electron chi connectivity index (χ0n) is 17.8. The number of hydrogen-bond acceptors (Lipinski definition) is 8. The molecule has 4 rings (SSSR count). The van der Waals surface area contributed by atoms with Crippen LogP contribution in [-0.4, -0.2) is 26.8 Å². The number of hydrogen-bond donors (Lipinski definition) is 3. The highest BCUT2D eigenvalue weighted by Crippen LogP contribution is 2.40. The third-order valence-corrected chi connectivity index (χ3v) is 5.30. The van der Waals surface area contributed by atoms with Crippen LogP contribution in [0.15, 0.2) is 90.2 Å². The van der Waals surface area contributed by atoms with E-state index in [2.05, 4.69) is 10.9 Å². The van der Waals surface area contributed by atoms with E-state index in [0.717, 1.165) is 18.2 Å². The summed E-state index contributed by atoms with van der Waals surface area (Å²) in [7, 11) is 0. The number of para-hydroxylation sites is 1. The van der Waals surface area contributed by atoms with Crippen molar-refractivity contribution < 1.29 is 24.5 Å². The molecule has 2 amide bonds.